The minimum absolute atomic E-state index is 0.00310. The number of carbonyl (C=O) groups is 1. The summed E-state index contributed by atoms with van der Waals surface area (Å²) in [7, 11) is 0. The number of hydrogen-bond donors (Lipinski definition) is 1. The van der Waals surface area contributed by atoms with Crippen molar-refractivity contribution in [1.29, 1.82) is 0 Å². The molecule has 2 unspecified atom stereocenters. The van der Waals surface area contributed by atoms with Gasteiger partial charge in [0.15, 0.2) is 5.78 Å². The van der Waals surface area contributed by atoms with E-state index in [9.17, 15) is 9.90 Å². The quantitative estimate of drug-likeness (QED) is 0.267. The fourth-order valence-corrected chi connectivity index (χ4v) is 5.97. The monoisotopic (exact) mass is 566 g/mol. The first-order valence-electron chi connectivity index (χ1n) is 15.3. The number of carbonyl (C=O) groups excluding carboxylic acids is 1. The summed E-state index contributed by atoms with van der Waals surface area (Å²) in [4.78, 5) is 11.9. The predicted molar refractivity (Wildman–Crippen MR) is 183 cm³/mol. The lowest BCUT2D eigenvalue weighted by atomic mass is 9.68. The number of aliphatic hydroxyl groups excluding tert-OH is 1. The fourth-order valence-electron chi connectivity index (χ4n) is 5.97. The van der Waals surface area contributed by atoms with Gasteiger partial charge in [0.2, 0.25) is 0 Å². The highest BCUT2D eigenvalue weighted by atomic mass is 16.3. The molecule has 2 heteroatoms. The predicted octanol–water partition coefficient (Wildman–Crippen LogP) is 10.6. The molecule has 42 heavy (non-hydrogen) atoms. The van der Waals surface area contributed by atoms with Crippen molar-refractivity contribution in [2.75, 3.05) is 0 Å². The zero-order chi connectivity index (χ0) is 31.5. The van der Waals surface area contributed by atoms with Gasteiger partial charge < -0.3 is 5.11 Å². The second kappa shape index (κ2) is 15.8. The van der Waals surface area contributed by atoms with E-state index in [0.717, 1.165) is 18.4 Å². The van der Waals surface area contributed by atoms with Gasteiger partial charge in [0.05, 0.1) is 6.10 Å². The minimum atomic E-state index is -0.229. The van der Waals surface area contributed by atoms with Gasteiger partial charge in [-0.2, -0.15) is 0 Å². The summed E-state index contributed by atoms with van der Waals surface area (Å²) >= 11 is 0. The van der Waals surface area contributed by atoms with Gasteiger partial charge in [-0.25, -0.2) is 0 Å². The van der Waals surface area contributed by atoms with E-state index in [0.29, 0.717) is 6.42 Å². The third-order valence-corrected chi connectivity index (χ3v) is 8.16. The van der Waals surface area contributed by atoms with E-state index in [1.54, 1.807) is 6.08 Å². The van der Waals surface area contributed by atoms with Crippen LogP contribution >= 0.6 is 0 Å². The third kappa shape index (κ3) is 11.6. The molecule has 0 aromatic heterocycles. The molecule has 0 saturated carbocycles. The molecule has 0 bridgehead atoms. The smallest absolute Gasteiger partial charge is 0.156 e. The van der Waals surface area contributed by atoms with Crippen LogP contribution in [0.4, 0.5) is 0 Å². The zero-order valence-electron chi connectivity index (χ0n) is 27.8. The van der Waals surface area contributed by atoms with Crippen LogP contribution in [0.1, 0.15) is 88.5 Å². The van der Waals surface area contributed by atoms with Crippen LogP contribution in [0.5, 0.6) is 0 Å². The van der Waals surface area contributed by atoms with E-state index in [4.69, 9.17) is 0 Å². The SMILES string of the molecule is CC(C=CC1C(C)=CC(=O)CC1(C)C)=CC=CC(C)=C/C=C/C=C(C)/C=C/C=C(C)/C=C/C1=C(C)CC(O)CC1(C)C. The van der Waals surface area contributed by atoms with Gasteiger partial charge in [-0.1, -0.05) is 146 Å². The van der Waals surface area contributed by atoms with Crippen LogP contribution in [0.25, 0.3) is 0 Å². The molecule has 0 spiro atoms. The maximum atomic E-state index is 11.9. The Morgan fingerprint density at radius 2 is 1.29 bits per heavy atom. The van der Waals surface area contributed by atoms with Crippen molar-refractivity contribution in [3.63, 3.8) is 0 Å². The first-order chi connectivity index (χ1) is 19.6. The maximum Gasteiger partial charge on any atom is 0.156 e. The van der Waals surface area contributed by atoms with E-state index >= 15 is 0 Å². The molecule has 0 aromatic rings. The van der Waals surface area contributed by atoms with Crippen molar-refractivity contribution in [3.05, 3.63) is 130 Å². The van der Waals surface area contributed by atoms with Gasteiger partial charge in [0.25, 0.3) is 0 Å². The van der Waals surface area contributed by atoms with Crippen molar-refractivity contribution in [2.24, 2.45) is 16.7 Å². The van der Waals surface area contributed by atoms with Gasteiger partial charge >= 0.3 is 0 Å². The second-order valence-electron chi connectivity index (χ2n) is 13.6. The van der Waals surface area contributed by atoms with Crippen molar-refractivity contribution in [1.82, 2.24) is 0 Å². The minimum Gasteiger partial charge on any atom is -0.393 e. The number of rotatable bonds is 10. The first kappa shape index (κ1) is 35.0. The molecule has 0 aliphatic heterocycles. The summed E-state index contributed by atoms with van der Waals surface area (Å²) < 4.78 is 0. The molecule has 2 nitrogen and oxygen atoms in total. The van der Waals surface area contributed by atoms with Crippen LogP contribution in [0, 0.1) is 16.7 Å². The summed E-state index contributed by atoms with van der Waals surface area (Å²) in [6, 6.07) is 0. The molecule has 0 aromatic carbocycles. The summed E-state index contributed by atoms with van der Waals surface area (Å²) in [5.74, 6) is 0.521. The van der Waals surface area contributed by atoms with Crippen LogP contribution in [0.2, 0.25) is 0 Å². The van der Waals surface area contributed by atoms with Gasteiger partial charge in [-0.3, -0.25) is 4.79 Å². The average molecular weight is 567 g/mol. The molecule has 226 valence electrons. The Hall–Kier alpha value is -3.23. The summed E-state index contributed by atoms with van der Waals surface area (Å²) in [5, 5.41) is 10.1. The summed E-state index contributed by atoms with van der Waals surface area (Å²) in [5.41, 5.74) is 8.49. The molecule has 2 rings (SSSR count). The number of ketones is 1. The Morgan fingerprint density at radius 3 is 1.81 bits per heavy atom. The van der Waals surface area contributed by atoms with Gasteiger partial charge in [-0.15, -0.1) is 0 Å². The standard InChI is InChI=1S/C40H54O2/c1-29(17-13-19-31(3)21-23-37-33(5)25-35(41)27-39(37,7)8)15-11-12-16-30(2)18-14-20-32(4)22-24-38-34(6)26-36(42)28-40(38,9)10/h11-25,36-37,42H,26-28H2,1-10H3/b12-11+,17-13?,18-14+,23-21?,24-22+,29-15?,30-16+,31-19?,32-20+. The molecule has 0 heterocycles. The molecule has 2 aliphatic carbocycles. The van der Waals surface area contributed by atoms with Crippen LogP contribution in [0.15, 0.2) is 130 Å². The van der Waals surface area contributed by atoms with E-state index in [1.165, 1.54) is 33.4 Å². The topological polar surface area (TPSA) is 37.3 Å². The van der Waals surface area contributed by atoms with E-state index in [1.807, 2.05) is 0 Å². The molecule has 1 N–H and O–H groups in total. The highest BCUT2D eigenvalue weighted by Gasteiger charge is 2.34. The van der Waals surface area contributed by atoms with Crippen LogP contribution in [-0.2, 0) is 4.79 Å². The van der Waals surface area contributed by atoms with Crippen LogP contribution in [0.3, 0.4) is 0 Å². The third-order valence-electron chi connectivity index (χ3n) is 8.16. The molecule has 2 atom stereocenters. The highest BCUT2D eigenvalue weighted by Crippen LogP contribution is 2.41. The lowest BCUT2D eigenvalue weighted by Crippen LogP contribution is -2.30. The average Bonchev–Trinajstić information content (AvgIpc) is 2.84. The van der Waals surface area contributed by atoms with E-state index in [-0.39, 0.29) is 28.6 Å². The zero-order valence-corrected chi connectivity index (χ0v) is 27.8. The van der Waals surface area contributed by atoms with Crippen molar-refractivity contribution in [3.8, 4) is 0 Å². The fraction of sp³-hybridized carbons (Fsp3) is 0.425. The Kier molecular flexibility index (Phi) is 13.2. The van der Waals surface area contributed by atoms with Crippen LogP contribution in [-0.4, -0.2) is 17.0 Å². The van der Waals surface area contributed by atoms with Crippen molar-refractivity contribution >= 4 is 5.78 Å². The number of hydrogen-bond acceptors (Lipinski definition) is 2. The molecule has 0 saturated heterocycles. The Bertz CT molecular complexity index is 1320. The second-order valence-corrected chi connectivity index (χ2v) is 13.6. The molecule has 0 fully saturated rings. The largest absolute Gasteiger partial charge is 0.393 e. The highest BCUT2D eigenvalue weighted by molar-refractivity contribution is 5.92. The Labute approximate surface area is 256 Å². The summed E-state index contributed by atoms with van der Waals surface area (Å²) in [6.45, 7) is 21.4. The van der Waals surface area contributed by atoms with Gasteiger partial charge in [-0.05, 0) is 76.9 Å². The molecule has 0 radical (unpaired) electrons. The molecule has 2 aliphatic rings. The number of allylic oxidation sites excluding steroid dienone is 21. The Balaban J connectivity index is 1.90. The van der Waals surface area contributed by atoms with E-state index < -0.39 is 0 Å². The molecular weight excluding hydrogens is 512 g/mol. The van der Waals surface area contributed by atoms with Gasteiger partial charge in [0.1, 0.15) is 0 Å². The van der Waals surface area contributed by atoms with Crippen molar-refractivity contribution < 1.29 is 9.90 Å². The lowest BCUT2D eigenvalue weighted by molar-refractivity contribution is -0.117. The normalized spacial score (nSPS) is 24.8. The molecule has 0 amide bonds. The first-order valence-corrected chi connectivity index (χ1v) is 15.3. The molecular formula is C40H54O2. The maximum absolute atomic E-state index is 11.9. The number of aliphatic hydroxyl groups is 1. The van der Waals surface area contributed by atoms with E-state index in [2.05, 4.69) is 154 Å². The van der Waals surface area contributed by atoms with Crippen LogP contribution < -0.4 is 0 Å². The lowest BCUT2D eigenvalue weighted by Gasteiger charge is -2.35. The van der Waals surface area contributed by atoms with Gasteiger partial charge in [0, 0.05) is 12.3 Å². The Morgan fingerprint density at radius 1 is 0.786 bits per heavy atom. The summed E-state index contributed by atoms with van der Waals surface area (Å²) in [6.07, 6.45) is 33.6. The van der Waals surface area contributed by atoms with Crippen molar-refractivity contribution in [2.45, 2.75) is 94.6 Å².